The lowest BCUT2D eigenvalue weighted by Gasteiger charge is -2.08. The zero-order chi connectivity index (χ0) is 20.8. The number of carbonyl (C=O) groups excluding carboxylic acids is 2. The van der Waals surface area contributed by atoms with Crippen molar-refractivity contribution in [1.82, 2.24) is 20.4 Å². The number of rotatable bonds is 7. The second kappa shape index (κ2) is 9.19. The molecule has 3 rings (SSSR count). The summed E-state index contributed by atoms with van der Waals surface area (Å²) in [6, 6.07) is 17.6. The Hall–Kier alpha value is -3.41. The van der Waals surface area contributed by atoms with Crippen LogP contribution in [0.5, 0.6) is 0 Å². The number of hydrogen-bond donors (Lipinski definition) is 2. The van der Waals surface area contributed by atoms with E-state index in [2.05, 4.69) is 15.7 Å². The van der Waals surface area contributed by atoms with Crippen LogP contribution in [0.2, 0.25) is 0 Å². The van der Waals surface area contributed by atoms with Crippen LogP contribution in [0.15, 0.2) is 60.8 Å². The summed E-state index contributed by atoms with van der Waals surface area (Å²) in [4.78, 5) is 24.5. The van der Waals surface area contributed by atoms with Crippen molar-refractivity contribution in [3.8, 4) is 16.9 Å². The molecule has 0 bridgehead atoms. The molecule has 150 valence electrons. The van der Waals surface area contributed by atoms with Gasteiger partial charge >= 0.3 is 0 Å². The van der Waals surface area contributed by atoms with E-state index in [1.165, 1.54) is 0 Å². The van der Waals surface area contributed by atoms with Crippen LogP contribution < -0.4 is 10.6 Å². The molecule has 3 aromatic rings. The summed E-state index contributed by atoms with van der Waals surface area (Å²) < 4.78 is 1.72. The number of benzene rings is 2. The molecule has 0 fully saturated rings. The van der Waals surface area contributed by atoms with E-state index in [0.717, 1.165) is 16.8 Å². The van der Waals surface area contributed by atoms with Crippen LogP contribution >= 0.6 is 0 Å². The van der Waals surface area contributed by atoms with Gasteiger partial charge in [0.25, 0.3) is 5.91 Å². The van der Waals surface area contributed by atoms with Gasteiger partial charge in [-0.3, -0.25) is 9.59 Å². The lowest BCUT2D eigenvalue weighted by atomic mass is 10.1. The monoisotopic (exact) mass is 390 g/mol. The predicted molar refractivity (Wildman–Crippen MR) is 114 cm³/mol. The van der Waals surface area contributed by atoms with Crippen LogP contribution in [0.25, 0.3) is 16.9 Å². The number of nitrogens with zero attached hydrogens (tertiary/aromatic N) is 2. The minimum absolute atomic E-state index is 0.0311. The maximum atomic E-state index is 12.8. The summed E-state index contributed by atoms with van der Waals surface area (Å²) in [6.07, 6.45) is 1.75. The number of amides is 2. The first-order chi connectivity index (χ1) is 14.0. The molecule has 0 aliphatic carbocycles. The summed E-state index contributed by atoms with van der Waals surface area (Å²) in [6.45, 7) is 6.43. The fourth-order valence-corrected chi connectivity index (χ4v) is 2.84. The zero-order valence-corrected chi connectivity index (χ0v) is 17.0. The summed E-state index contributed by atoms with van der Waals surface area (Å²) in [7, 11) is 0. The smallest absolute Gasteiger partial charge is 0.255 e. The molecule has 0 unspecified atom stereocenters. The summed E-state index contributed by atoms with van der Waals surface area (Å²) in [5.41, 5.74) is 4.03. The van der Waals surface area contributed by atoms with E-state index in [1.54, 1.807) is 10.9 Å². The molecule has 0 radical (unpaired) electrons. The molecule has 29 heavy (non-hydrogen) atoms. The van der Waals surface area contributed by atoms with Crippen LogP contribution in [0.1, 0.15) is 29.8 Å². The van der Waals surface area contributed by atoms with Crippen molar-refractivity contribution in [3.05, 3.63) is 71.9 Å². The van der Waals surface area contributed by atoms with E-state index in [4.69, 9.17) is 0 Å². The van der Waals surface area contributed by atoms with Gasteiger partial charge in [0.2, 0.25) is 5.91 Å². The van der Waals surface area contributed by atoms with Crippen LogP contribution in [0, 0.1) is 12.8 Å². The van der Waals surface area contributed by atoms with Crippen molar-refractivity contribution in [2.45, 2.75) is 20.8 Å². The Balaban J connectivity index is 1.81. The van der Waals surface area contributed by atoms with Crippen LogP contribution in [-0.2, 0) is 4.79 Å². The van der Waals surface area contributed by atoms with Gasteiger partial charge in [0.1, 0.15) is 5.69 Å². The molecule has 0 aliphatic rings. The highest BCUT2D eigenvalue weighted by Crippen LogP contribution is 2.23. The largest absolute Gasteiger partial charge is 0.354 e. The third-order valence-corrected chi connectivity index (χ3v) is 4.54. The molecule has 6 heteroatoms. The normalized spacial score (nSPS) is 10.8. The Bertz CT molecular complexity index is 976. The maximum absolute atomic E-state index is 12.8. The molecular formula is C23H26N4O2. The Morgan fingerprint density at radius 2 is 1.62 bits per heavy atom. The first kappa shape index (κ1) is 20.3. The number of carbonyl (C=O) groups is 2. The van der Waals surface area contributed by atoms with Crippen molar-refractivity contribution in [2.75, 3.05) is 13.1 Å². The van der Waals surface area contributed by atoms with Crippen molar-refractivity contribution in [1.29, 1.82) is 0 Å². The predicted octanol–water partition coefficient (Wildman–Crippen LogP) is 3.35. The quantitative estimate of drug-likeness (QED) is 0.608. The Morgan fingerprint density at radius 3 is 2.28 bits per heavy atom. The third-order valence-electron chi connectivity index (χ3n) is 4.54. The summed E-state index contributed by atoms with van der Waals surface area (Å²) in [5, 5.41) is 10.3. The SMILES string of the molecule is Cc1ccc(-n2cc(C(=O)NCCNC(=O)C(C)C)c(-c3ccccc3)n2)cc1. The molecule has 0 aliphatic heterocycles. The first-order valence-corrected chi connectivity index (χ1v) is 9.73. The average Bonchev–Trinajstić information content (AvgIpc) is 3.17. The highest BCUT2D eigenvalue weighted by atomic mass is 16.2. The second-order valence-corrected chi connectivity index (χ2v) is 7.24. The number of hydrogen-bond acceptors (Lipinski definition) is 3. The van der Waals surface area contributed by atoms with E-state index in [1.807, 2.05) is 75.4 Å². The molecule has 2 aromatic carbocycles. The summed E-state index contributed by atoms with van der Waals surface area (Å²) in [5.74, 6) is -0.333. The van der Waals surface area contributed by atoms with Crippen LogP contribution in [-0.4, -0.2) is 34.7 Å². The van der Waals surface area contributed by atoms with Gasteiger partial charge in [-0.1, -0.05) is 61.9 Å². The van der Waals surface area contributed by atoms with Gasteiger partial charge < -0.3 is 10.6 Å². The van der Waals surface area contributed by atoms with Crippen molar-refractivity contribution in [3.63, 3.8) is 0 Å². The molecular weight excluding hydrogens is 364 g/mol. The van der Waals surface area contributed by atoms with Crippen LogP contribution in [0.4, 0.5) is 0 Å². The molecule has 6 nitrogen and oxygen atoms in total. The highest BCUT2D eigenvalue weighted by Gasteiger charge is 2.18. The van der Waals surface area contributed by atoms with Crippen LogP contribution in [0.3, 0.4) is 0 Å². The molecule has 0 saturated heterocycles. The number of nitrogens with one attached hydrogen (secondary N) is 2. The van der Waals surface area contributed by atoms with Gasteiger partial charge in [0, 0.05) is 30.8 Å². The Kier molecular flexibility index (Phi) is 6.44. The Labute approximate surface area is 170 Å². The first-order valence-electron chi connectivity index (χ1n) is 9.73. The zero-order valence-electron chi connectivity index (χ0n) is 17.0. The van der Waals surface area contributed by atoms with Crippen molar-refractivity contribution >= 4 is 11.8 Å². The summed E-state index contributed by atoms with van der Waals surface area (Å²) >= 11 is 0. The van der Waals surface area contributed by atoms with Gasteiger partial charge in [-0.25, -0.2) is 4.68 Å². The Morgan fingerprint density at radius 1 is 0.966 bits per heavy atom. The topological polar surface area (TPSA) is 76.0 Å². The van der Waals surface area contributed by atoms with Gasteiger partial charge in [-0.15, -0.1) is 0 Å². The second-order valence-electron chi connectivity index (χ2n) is 7.24. The average molecular weight is 390 g/mol. The maximum Gasteiger partial charge on any atom is 0.255 e. The van der Waals surface area contributed by atoms with Gasteiger partial charge in [-0.05, 0) is 19.1 Å². The van der Waals surface area contributed by atoms with Gasteiger partial charge in [-0.2, -0.15) is 5.10 Å². The van der Waals surface area contributed by atoms with Gasteiger partial charge in [0.05, 0.1) is 11.3 Å². The fourth-order valence-electron chi connectivity index (χ4n) is 2.84. The van der Waals surface area contributed by atoms with E-state index >= 15 is 0 Å². The third kappa shape index (κ3) is 5.10. The number of aryl methyl sites for hydroxylation is 1. The molecule has 0 spiro atoms. The molecule has 0 atom stereocenters. The van der Waals surface area contributed by atoms with E-state index in [-0.39, 0.29) is 17.7 Å². The molecule has 1 aromatic heterocycles. The van der Waals surface area contributed by atoms with E-state index in [0.29, 0.717) is 24.3 Å². The number of aromatic nitrogens is 2. The minimum Gasteiger partial charge on any atom is -0.354 e. The highest BCUT2D eigenvalue weighted by molar-refractivity contribution is 6.00. The molecule has 2 amide bonds. The lowest BCUT2D eigenvalue weighted by Crippen LogP contribution is -2.36. The molecule has 1 heterocycles. The van der Waals surface area contributed by atoms with Crippen molar-refractivity contribution < 1.29 is 9.59 Å². The van der Waals surface area contributed by atoms with Gasteiger partial charge in [0.15, 0.2) is 0 Å². The van der Waals surface area contributed by atoms with E-state index < -0.39 is 0 Å². The minimum atomic E-state index is -0.221. The standard InChI is InChI=1S/C23H26N4O2/c1-16(2)22(28)24-13-14-25-23(29)20-15-27(19-11-9-17(3)10-12-19)26-21(20)18-7-5-4-6-8-18/h4-12,15-16H,13-14H2,1-3H3,(H,24,28)(H,25,29). The lowest BCUT2D eigenvalue weighted by molar-refractivity contribution is -0.123. The molecule has 0 saturated carbocycles. The van der Waals surface area contributed by atoms with Crippen molar-refractivity contribution in [2.24, 2.45) is 5.92 Å². The molecule has 2 N–H and O–H groups in total. The van der Waals surface area contributed by atoms with E-state index in [9.17, 15) is 9.59 Å². The fraction of sp³-hybridized carbons (Fsp3) is 0.261.